The Kier molecular flexibility index (Phi) is 6.56. The lowest BCUT2D eigenvalue weighted by Gasteiger charge is -2.16. The molecule has 0 aliphatic rings. The molecule has 3 rings (SSSR count). The van der Waals surface area contributed by atoms with E-state index in [-0.39, 0.29) is 16.2 Å². The second kappa shape index (κ2) is 9.11. The van der Waals surface area contributed by atoms with Gasteiger partial charge in [-0.3, -0.25) is 9.52 Å². The number of carbonyl (C=O) groups is 1. The molecule has 1 atom stereocenters. The number of para-hydroxylation sites is 1. The number of rotatable bonds is 8. The van der Waals surface area contributed by atoms with E-state index in [1.165, 1.54) is 6.07 Å². The largest absolute Gasteiger partial charge is 0.491 e. The Morgan fingerprint density at radius 1 is 1.07 bits per heavy atom. The summed E-state index contributed by atoms with van der Waals surface area (Å²) in [4.78, 5) is 12.4. The van der Waals surface area contributed by atoms with Gasteiger partial charge in [0.2, 0.25) is 0 Å². The molecule has 0 saturated carbocycles. The number of nitrogens with one attached hydrogen (secondary N) is 2. The van der Waals surface area contributed by atoms with Gasteiger partial charge in [0, 0.05) is 11.3 Å². The second-order valence-corrected chi connectivity index (χ2v) is 9.42. The lowest BCUT2D eigenvalue weighted by atomic mass is 10.2. The smallest absolute Gasteiger partial charge is 0.271 e. The quantitative estimate of drug-likeness (QED) is 0.565. The number of anilines is 1. The summed E-state index contributed by atoms with van der Waals surface area (Å²) >= 11 is 1.14. The van der Waals surface area contributed by atoms with Crippen LogP contribution in [-0.4, -0.2) is 27.0 Å². The van der Waals surface area contributed by atoms with Crippen LogP contribution in [0.4, 0.5) is 5.69 Å². The molecule has 152 valence electrons. The van der Waals surface area contributed by atoms with Crippen molar-refractivity contribution in [2.24, 2.45) is 0 Å². The zero-order valence-corrected chi connectivity index (χ0v) is 17.7. The molecule has 0 bridgehead atoms. The van der Waals surface area contributed by atoms with Crippen molar-refractivity contribution >= 4 is 33.0 Å². The molecule has 2 aromatic carbocycles. The van der Waals surface area contributed by atoms with E-state index in [0.29, 0.717) is 17.9 Å². The molecule has 29 heavy (non-hydrogen) atoms. The van der Waals surface area contributed by atoms with E-state index in [9.17, 15) is 13.2 Å². The molecule has 2 N–H and O–H groups in total. The Hall–Kier alpha value is -2.84. The van der Waals surface area contributed by atoms with Crippen molar-refractivity contribution in [1.82, 2.24) is 5.32 Å². The Balaban J connectivity index is 1.55. The summed E-state index contributed by atoms with van der Waals surface area (Å²) in [5, 5.41) is 4.58. The van der Waals surface area contributed by atoms with Crippen molar-refractivity contribution < 1.29 is 17.9 Å². The van der Waals surface area contributed by atoms with Crippen LogP contribution in [0.5, 0.6) is 5.75 Å². The van der Waals surface area contributed by atoms with Gasteiger partial charge in [-0.15, -0.1) is 11.3 Å². The van der Waals surface area contributed by atoms with Crippen molar-refractivity contribution in [3.05, 3.63) is 77.2 Å². The first kappa shape index (κ1) is 20.9. The number of amides is 1. The van der Waals surface area contributed by atoms with Crippen LogP contribution in [0, 0.1) is 6.92 Å². The van der Waals surface area contributed by atoms with Gasteiger partial charge in [0.15, 0.2) is 0 Å². The molecule has 0 fully saturated rings. The fraction of sp³-hybridized carbons (Fsp3) is 0.190. The second-order valence-electron chi connectivity index (χ2n) is 6.57. The van der Waals surface area contributed by atoms with E-state index < -0.39 is 10.0 Å². The molecule has 8 heteroatoms. The summed E-state index contributed by atoms with van der Waals surface area (Å²) < 4.78 is 33.0. The average molecular weight is 431 g/mol. The number of sulfonamides is 1. The molecule has 0 aliphatic carbocycles. The molecule has 6 nitrogen and oxygen atoms in total. The van der Waals surface area contributed by atoms with Crippen LogP contribution in [-0.2, 0) is 10.0 Å². The molecule has 1 aromatic heterocycles. The van der Waals surface area contributed by atoms with Crippen molar-refractivity contribution in [3.63, 3.8) is 0 Å². The van der Waals surface area contributed by atoms with Crippen LogP contribution >= 0.6 is 11.3 Å². The molecule has 0 saturated heterocycles. The number of carbonyl (C=O) groups excluding carboxylic acids is 1. The van der Waals surface area contributed by atoms with Crippen molar-refractivity contribution in [1.29, 1.82) is 0 Å². The highest BCUT2D eigenvalue weighted by atomic mass is 32.2. The molecule has 3 aromatic rings. The van der Waals surface area contributed by atoms with Crippen LogP contribution in [0.25, 0.3) is 0 Å². The predicted octanol–water partition coefficient (Wildman–Crippen LogP) is 4.05. The van der Waals surface area contributed by atoms with Gasteiger partial charge in [-0.2, -0.15) is 0 Å². The Labute approximate surface area is 174 Å². The molecular weight excluding hydrogens is 408 g/mol. The number of benzene rings is 2. The molecule has 1 amide bonds. The maximum absolute atomic E-state index is 12.4. The number of ether oxygens (including phenoxy) is 1. The summed E-state index contributed by atoms with van der Waals surface area (Å²) in [6.07, 6.45) is 0. The molecule has 0 spiro atoms. The standard InChI is InChI=1S/C21H22N2O4S2/c1-15-6-3-4-7-19(15)27-14-16(2)22-21(24)17-9-11-18(12-10-17)23-29(25,26)20-8-5-13-28-20/h3-13,16,23H,14H2,1-2H3,(H,22,24)/t16-/m0/s1. The third-order valence-electron chi connectivity index (χ3n) is 4.12. The lowest BCUT2D eigenvalue weighted by molar-refractivity contribution is 0.0926. The molecular formula is C21H22N2O4S2. The maximum Gasteiger partial charge on any atom is 0.271 e. The third-order valence-corrected chi connectivity index (χ3v) is 6.90. The van der Waals surface area contributed by atoms with E-state index in [1.54, 1.807) is 35.7 Å². The average Bonchev–Trinajstić information content (AvgIpc) is 3.23. The van der Waals surface area contributed by atoms with E-state index in [0.717, 1.165) is 22.6 Å². The van der Waals surface area contributed by atoms with Crippen LogP contribution < -0.4 is 14.8 Å². The third kappa shape index (κ3) is 5.58. The first-order valence-electron chi connectivity index (χ1n) is 9.01. The zero-order valence-electron chi connectivity index (χ0n) is 16.1. The SMILES string of the molecule is Cc1ccccc1OC[C@H](C)NC(=O)c1ccc(NS(=O)(=O)c2cccs2)cc1. The minimum atomic E-state index is -3.61. The number of hydrogen-bond acceptors (Lipinski definition) is 5. The van der Waals surface area contributed by atoms with Crippen LogP contribution in [0.2, 0.25) is 0 Å². The fourth-order valence-electron chi connectivity index (χ4n) is 2.59. The van der Waals surface area contributed by atoms with E-state index in [2.05, 4.69) is 10.0 Å². The van der Waals surface area contributed by atoms with Crippen LogP contribution in [0.15, 0.2) is 70.3 Å². The van der Waals surface area contributed by atoms with Gasteiger partial charge in [-0.05, 0) is 61.2 Å². The highest BCUT2D eigenvalue weighted by Gasteiger charge is 2.16. The topological polar surface area (TPSA) is 84.5 Å². The van der Waals surface area contributed by atoms with Gasteiger partial charge in [0.25, 0.3) is 15.9 Å². The fourth-order valence-corrected chi connectivity index (χ4v) is 4.64. The van der Waals surface area contributed by atoms with Gasteiger partial charge in [0.05, 0.1) is 6.04 Å². The van der Waals surface area contributed by atoms with E-state index in [4.69, 9.17) is 4.74 Å². The van der Waals surface area contributed by atoms with E-state index in [1.807, 2.05) is 38.1 Å². The first-order chi connectivity index (χ1) is 13.8. The summed E-state index contributed by atoms with van der Waals surface area (Å²) in [5.41, 5.74) is 1.87. The summed E-state index contributed by atoms with van der Waals surface area (Å²) in [6, 6.07) is 17.0. The van der Waals surface area contributed by atoms with Gasteiger partial charge in [-0.1, -0.05) is 24.3 Å². The number of aryl methyl sites for hydroxylation is 1. The normalized spacial score (nSPS) is 12.2. The van der Waals surface area contributed by atoms with Gasteiger partial charge in [-0.25, -0.2) is 8.42 Å². The minimum Gasteiger partial charge on any atom is -0.491 e. The predicted molar refractivity (Wildman–Crippen MR) is 115 cm³/mol. The summed E-state index contributed by atoms with van der Waals surface area (Å²) in [7, 11) is -3.61. The Bertz CT molecular complexity index is 1060. The first-order valence-corrected chi connectivity index (χ1v) is 11.4. The van der Waals surface area contributed by atoms with Gasteiger partial charge < -0.3 is 10.1 Å². The minimum absolute atomic E-state index is 0.195. The highest BCUT2D eigenvalue weighted by Crippen LogP contribution is 2.20. The van der Waals surface area contributed by atoms with Crippen molar-refractivity contribution in [2.45, 2.75) is 24.1 Å². The monoisotopic (exact) mass is 430 g/mol. The Morgan fingerprint density at radius 3 is 2.45 bits per heavy atom. The molecule has 0 unspecified atom stereocenters. The van der Waals surface area contributed by atoms with E-state index >= 15 is 0 Å². The highest BCUT2D eigenvalue weighted by molar-refractivity contribution is 7.94. The van der Waals surface area contributed by atoms with Gasteiger partial charge in [0.1, 0.15) is 16.6 Å². The number of thiophene rings is 1. The summed E-state index contributed by atoms with van der Waals surface area (Å²) in [5.74, 6) is 0.537. The van der Waals surface area contributed by atoms with Crippen molar-refractivity contribution in [3.8, 4) is 5.75 Å². The number of hydrogen-bond donors (Lipinski definition) is 2. The van der Waals surface area contributed by atoms with Gasteiger partial charge >= 0.3 is 0 Å². The zero-order chi connectivity index (χ0) is 20.9. The summed E-state index contributed by atoms with van der Waals surface area (Å²) in [6.45, 7) is 4.17. The lowest BCUT2D eigenvalue weighted by Crippen LogP contribution is -2.36. The van der Waals surface area contributed by atoms with Crippen molar-refractivity contribution in [2.75, 3.05) is 11.3 Å². The van der Waals surface area contributed by atoms with Crippen LogP contribution in [0.1, 0.15) is 22.8 Å². The van der Waals surface area contributed by atoms with Crippen LogP contribution in [0.3, 0.4) is 0 Å². The Morgan fingerprint density at radius 2 is 1.79 bits per heavy atom. The molecule has 0 radical (unpaired) electrons. The molecule has 1 heterocycles. The molecule has 0 aliphatic heterocycles. The maximum atomic E-state index is 12.4.